The molecule has 0 N–H and O–H groups in total. The van der Waals surface area contributed by atoms with Crippen LogP contribution in [0.2, 0.25) is 0 Å². The molecule has 0 bridgehead atoms. The van der Waals surface area contributed by atoms with Crippen molar-refractivity contribution in [2.75, 3.05) is 0 Å². The molecule has 0 aliphatic heterocycles. The molecular weight excluding hydrogens is 641 g/mol. The Morgan fingerprint density at radius 3 is 1.42 bits per heavy atom. The number of fused-ring (bicyclic) bond motifs is 10. The van der Waals surface area contributed by atoms with Crippen LogP contribution >= 0.6 is 22.7 Å². The van der Waals surface area contributed by atoms with Gasteiger partial charge in [-0.1, -0.05) is 146 Å². The zero-order chi connectivity index (χ0) is 32.8. The van der Waals surface area contributed by atoms with Gasteiger partial charge in [0.25, 0.3) is 0 Å². The minimum Gasteiger partial charge on any atom is -0.134 e. The highest BCUT2D eigenvalue weighted by atomic mass is 32.1. The molecule has 2 heteroatoms. The summed E-state index contributed by atoms with van der Waals surface area (Å²) in [4.78, 5) is 0. The molecule has 0 saturated heterocycles. The summed E-state index contributed by atoms with van der Waals surface area (Å²) in [5.74, 6) is 0. The van der Waals surface area contributed by atoms with Gasteiger partial charge in [-0.05, 0) is 90.0 Å². The molecule has 232 valence electrons. The Kier molecular flexibility index (Phi) is 6.09. The van der Waals surface area contributed by atoms with E-state index in [4.69, 9.17) is 0 Å². The third-order valence-electron chi connectivity index (χ3n) is 10.4. The molecule has 9 aromatic carbocycles. The highest BCUT2D eigenvalue weighted by Crippen LogP contribution is 2.47. The van der Waals surface area contributed by atoms with E-state index in [1.54, 1.807) is 0 Å². The highest BCUT2D eigenvalue weighted by molar-refractivity contribution is 7.33. The van der Waals surface area contributed by atoms with E-state index in [1.165, 1.54) is 106 Å². The first-order chi connectivity index (χ1) is 24.8. The summed E-state index contributed by atoms with van der Waals surface area (Å²) in [6.07, 6.45) is 0. The van der Waals surface area contributed by atoms with E-state index < -0.39 is 0 Å². The summed E-state index contributed by atoms with van der Waals surface area (Å²) in [7, 11) is 0. The predicted octanol–water partition coefficient (Wildman–Crippen LogP) is 14.9. The molecule has 0 atom stereocenters. The van der Waals surface area contributed by atoms with E-state index in [0.29, 0.717) is 0 Å². The Balaban J connectivity index is 1.08. The largest absolute Gasteiger partial charge is 0.134 e. The van der Waals surface area contributed by atoms with Crippen LogP contribution in [0.25, 0.3) is 106 Å². The first-order valence-corrected chi connectivity index (χ1v) is 18.7. The zero-order valence-electron chi connectivity index (χ0n) is 27.0. The van der Waals surface area contributed by atoms with Gasteiger partial charge in [0.15, 0.2) is 0 Å². The fourth-order valence-corrected chi connectivity index (χ4v) is 10.8. The SMILES string of the molecule is c1ccc(-c2c3ccccc3c(-c3cccc(-c4ccc5c(c4)sc4c5ccc5c6cc7ccccc7cc6sc54)c3)c3ccccc23)cc1. The number of rotatable bonds is 3. The van der Waals surface area contributed by atoms with E-state index in [0.717, 1.165) is 0 Å². The third-order valence-corrected chi connectivity index (χ3v) is 12.9. The van der Waals surface area contributed by atoms with Crippen LogP contribution in [0.15, 0.2) is 170 Å². The second-order valence-corrected chi connectivity index (χ2v) is 15.3. The van der Waals surface area contributed by atoms with Gasteiger partial charge in [-0.2, -0.15) is 0 Å². The average molecular weight is 669 g/mol. The molecule has 0 unspecified atom stereocenters. The first-order valence-electron chi connectivity index (χ1n) is 17.1. The minimum atomic E-state index is 1.24. The van der Waals surface area contributed by atoms with Crippen molar-refractivity contribution < 1.29 is 0 Å². The maximum absolute atomic E-state index is 2.40. The topological polar surface area (TPSA) is 0 Å². The number of thiophene rings is 2. The van der Waals surface area contributed by atoms with Crippen LogP contribution in [0.5, 0.6) is 0 Å². The van der Waals surface area contributed by atoms with Crippen LogP contribution in [-0.4, -0.2) is 0 Å². The van der Waals surface area contributed by atoms with Gasteiger partial charge in [0.1, 0.15) is 0 Å². The lowest BCUT2D eigenvalue weighted by molar-refractivity contribution is 1.63. The van der Waals surface area contributed by atoms with Crippen molar-refractivity contribution in [3.8, 4) is 33.4 Å². The predicted molar refractivity (Wildman–Crippen MR) is 221 cm³/mol. The molecule has 0 aliphatic carbocycles. The molecule has 0 nitrogen and oxygen atoms in total. The molecule has 11 rings (SSSR count). The van der Waals surface area contributed by atoms with Crippen molar-refractivity contribution in [1.82, 2.24) is 0 Å². The lowest BCUT2D eigenvalue weighted by atomic mass is 9.85. The summed E-state index contributed by atoms with van der Waals surface area (Å²) >= 11 is 3.87. The van der Waals surface area contributed by atoms with Gasteiger partial charge in [0.2, 0.25) is 0 Å². The Labute approximate surface area is 297 Å². The van der Waals surface area contributed by atoms with Crippen molar-refractivity contribution in [2.24, 2.45) is 0 Å². The fraction of sp³-hybridized carbons (Fsp3) is 0. The average Bonchev–Trinajstić information content (AvgIpc) is 3.74. The molecule has 11 aromatic rings. The van der Waals surface area contributed by atoms with Crippen molar-refractivity contribution in [2.45, 2.75) is 0 Å². The van der Waals surface area contributed by atoms with Gasteiger partial charge >= 0.3 is 0 Å². The van der Waals surface area contributed by atoms with Gasteiger partial charge in [0.05, 0.1) is 9.40 Å². The Morgan fingerprint density at radius 1 is 0.260 bits per heavy atom. The van der Waals surface area contributed by atoms with Gasteiger partial charge in [-0.15, -0.1) is 22.7 Å². The molecule has 0 saturated carbocycles. The Bertz CT molecular complexity index is 3080. The Hall–Kier alpha value is -5.80. The van der Waals surface area contributed by atoms with Gasteiger partial charge < -0.3 is 0 Å². The lowest BCUT2D eigenvalue weighted by Gasteiger charge is -2.18. The summed E-state index contributed by atoms with van der Waals surface area (Å²) in [6, 6.07) is 62.9. The summed E-state index contributed by atoms with van der Waals surface area (Å²) in [6.45, 7) is 0. The highest BCUT2D eigenvalue weighted by Gasteiger charge is 2.18. The maximum Gasteiger partial charge on any atom is 0.0534 e. The first kappa shape index (κ1) is 28.1. The molecule has 2 aromatic heterocycles. The molecule has 2 heterocycles. The summed E-state index contributed by atoms with van der Waals surface area (Å²) in [5, 5.41) is 13.1. The fourth-order valence-electron chi connectivity index (χ4n) is 8.14. The van der Waals surface area contributed by atoms with Gasteiger partial charge in [-0.25, -0.2) is 0 Å². The van der Waals surface area contributed by atoms with E-state index in [2.05, 4.69) is 170 Å². The van der Waals surface area contributed by atoms with Gasteiger partial charge in [0, 0.05) is 30.9 Å². The van der Waals surface area contributed by atoms with Crippen molar-refractivity contribution in [3.05, 3.63) is 170 Å². The van der Waals surface area contributed by atoms with Gasteiger partial charge in [-0.3, -0.25) is 0 Å². The maximum atomic E-state index is 2.40. The standard InChI is InChI=1S/C48H28S2/c1-2-11-29(12-3-1)45-36-17-6-8-19-38(36)46(39-20-9-7-18-37(39)45)34-16-10-15-30(25-34)33-21-22-35-40-23-24-41-42-26-31-13-4-5-14-32(31)27-44(42)50-48(41)47(40)49-43(35)28-33/h1-28H. The van der Waals surface area contributed by atoms with Crippen molar-refractivity contribution in [1.29, 1.82) is 0 Å². The van der Waals surface area contributed by atoms with Crippen LogP contribution in [0, 0.1) is 0 Å². The van der Waals surface area contributed by atoms with E-state index in [-0.39, 0.29) is 0 Å². The minimum absolute atomic E-state index is 1.24. The molecule has 50 heavy (non-hydrogen) atoms. The molecule has 0 amide bonds. The monoisotopic (exact) mass is 668 g/mol. The van der Waals surface area contributed by atoms with Crippen LogP contribution in [0.4, 0.5) is 0 Å². The third kappa shape index (κ3) is 4.16. The molecular formula is C48H28S2. The van der Waals surface area contributed by atoms with Crippen molar-refractivity contribution >= 4 is 95.3 Å². The molecule has 0 fully saturated rings. The zero-order valence-corrected chi connectivity index (χ0v) is 28.6. The lowest BCUT2D eigenvalue weighted by Crippen LogP contribution is -1.91. The number of hydrogen-bond acceptors (Lipinski definition) is 2. The summed E-state index contributed by atoms with van der Waals surface area (Å²) in [5.41, 5.74) is 7.57. The van der Waals surface area contributed by atoms with Crippen LogP contribution in [0.3, 0.4) is 0 Å². The summed E-state index contributed by atoms with van der Waals surface area (Å²) < 4.78 is 5.49. The van der Waals surface area contributed by atoms with E-state index >= 15 is 0 Å². The molecule has 0 aliphatic rings. The van der Waals surface area contributed by atoms with E-state index in [1.807, 2.05) is 22.7 Å². The normalized spacial score (nSPS) is 12.0. The number of benzene rings is 9. The smallest absolute Gasteiger partial charge is 0.0534 e. The van der Waals surface area contributed by atoms with Crippen LogP contribution < -0.4 is 0 Å². The van der Waals surface area contributed by atoms with E-state index in [9.17, 15) is 0 Å². The second-order valence-electron chi connectivity index (χ2n) is 13.2. The van der Waals surface area contributed by atoms with Crippen molar-refractivity contribution in [3.63, 3.8) is 0 Å². The van der Waals surface area contributed by atoms with Crippen LogP contribution in [-0.2, 0) is 0 Å². The quantitative estimate of drug-likeness (QED) is 0.164. The molecule has 0 spiro atoms. The second kappa shape index (κ2) is 10.9. The Morgan fingerprint density at radius 2 is 0.740 bits per heavy atom. The molecule has 0 radical (unpaired) electrons. The van der Waals surface area contributed by atoms with Crippen LogP contribution in [0.1, 0.15) is 0 Å². The number of hydrogen-bond donors (Lipinski definition) is 0.